The number of carbonyl (C=O) groups is 1. The summed E-state index contributed by atoms with van der Waals surface area (Å²) in [6.07, 6.45) is 3.17. The van der Waals surface area contributed by atoms with Gasteiger partial charge in [0.15, 0.2) is 0 Å². The number of esters is 1. The molecule has 1 fully saturated rings. The van der Waals surface area contributed by atoms with Crippen LogP contribution in [0.25, 0.3) is 21.0 Å². The Hall–Kier alpha value is -3.23. The first kappa shape index (κ1) is 27.3. The normalized spacial score (nSPS) is 15.2. The summed E-state index contributed by atoms with van der Waals surface area (Å²) in [6.45, 7) is 8.27. The first-order valence-corrected chi connectivity index (χ1v) is 14.6. The Morgan fingerprint density at radius 1 is 1.10 bits per heavy atom. The van der Waals surface area contributed by atoms with Crippen LogP contribution in [0.2, 0.25) is 0 Å². The Kier molecular flexibility index (Phi) is 8.33. The average Bonchev–Trinajstić information content (AvgIpc) is 3.42. The molecule has 39 heavy (non-hydrogen) atoms. The van der Waals surface area contributed by atoms with Gasteiger partial charge in [-0.05, 0) is 66.4 Å². The highest BCUT2D eigenvalue weighted by atomic mass is 32.1. The predicted octanol–water partition coefficient (Wildman–Crippen LogP) is 5.93. The number of carbonyl (C=O) groups excluding carboxylic acids is 1. The fraction of sp³-hybridized carbons (Fsp3) is 0.419. The maximum absolute atomic E-state index is 14.2. The van der Waals surface area contributed by atoms with Crippen LogP contribution in [-0.4, -0.2) is 55.3 Å². The van der Waals surface area contributed by atoms with Crippen molar-refractivity contribution in [2.75, 3.05) is 44.7 Å². The Morgan fingerprint density at radius 2 is 1.90 bits per heavy atom. The third-order valence-electron chi connectivity index (χ3n) is 7.84. The summed E-state index contributed by atoms with van der Waals surface area (Å²) < 4.78 is 21.9. The van der Waals surface area contributed by atoms with Crippen LogP contribution >= 0.6 is 11.3 Å². The van der Waals surface area contributed by atoms with E-state index in [2.05, 4.69) is 41.0 Å². The molecular formula is C31H36FN3O3S. The van der Waals surface area contributed by atoms with E-state index in [1.165, 1.54) is 7.11 Å². The molecule has 3 heterocycles. The number of anilines is 1. The molecule has 0 spiro atoms. The number of aromatic nitrogens is 1. The molecule has 2 aromatic carbocycles. The SMILES string of the molecule is CCCCC(C(=O)OC)n1c(=O)c(C)cc2ccc(CCN3CCN(c4cc(F)cc5sccc45)CC3)cc21. The molecule has 1 unspecified atom stereocenters. The number of ether oxygens (including phenoxy) is 1. The van der Waals surface area contributed by atoms with Crippen molar-refractivity contribution < 1.29 is 13.9 Å². The quantitative estimate of drug-likeness (QED) is 0.242. The lowest BCUT2D eigenvalue weighted by atomic mass is 10.0. The number of hydrogen-bond donors (Lipinski definition) is 0. The van der Waals surface area contributed by atoms with Gasteiger partial charge in [0, 0.05) is 54.1 Å². The van der Waals surface area contributed by atoms with Crippen LogP contribution in [0.15, 0.2) is 52.6 Å². The number of piperazine rings is 1. The van der Waals surface area contributed by atoms with Gasteiger partial charge in [-0.2, -0.15) is 0 Å². The van der Waals surface area contributed by atoms with E-state index in [9.17, 15) is 14.0 Å². The van der Waals surface area contributed by atoms with Gasteiger partial charge >= 0.3 is 5.97 Å². The van der Waals surface area contributed by atoms with Crippen LogP contribution in [0, 0.1) is 12.7 Å². The Labute approximate surface area is 232 Å². The van der Waals surface area contributed by atoms with E-state index >= 15 is 0 Å². The highest BCUT2D eigenvalue weighted by molar-refractivity contribution is 7.17. The fourth-order valence-electron chi connectivity index (χ4n) is 5.65. The number of rotatable bonds is 9. The van der Waals surface area contributed by atoms with Crippen LogP contribution in [0.1, 0.15) is 43.4 Å². The zero-order valence-electron chi connectivity index (χ0n) is 22.9. The third-order valence-corrected chi connectivity index (χ3v) is 8.71. The second-order valence-corrected chi connectivity index (χ2v) is 11.4. The number of thiophene rings is 1. The van der Waals surface area contributed by atoms with E-state index in [-0.39, 0.29) is 17.3 Å². The van der Waals surface area contributed by atoms with E-state index in [1.54, 1.807) is 35.0 Å². The molecule has 1 atom stereocenters. The van der Waals surface area contributed by atoms with Crippen molar-refractivity contribution in [3.63, 3.8) is 0 Å². The van der Waals surface area contributed by atoms with Gasteiger partial charge in [-0.3, -0.25) is 14.3 Å². The molecule has 5 rings (SSSR count). The molecule has 0 N–H and O–H groups in total. The van der Waals surface area contributed by atoms with Crippen molar-refractivity contribution in [3.8, 4) is 0 Å². The van der Waals surface area contributed by atoms with Crippen LogP contribution in [-0.2, 0) is 16.0 Å². The number of pyridine rings is 1. The molecule has 0 aliphatic carbocycles. The van der Waals surface area contributed by atoms with Gasteiger partial charge in [0.25, 0.3) is 5.56 Å². The number of fused-ring (bicyclic) bond motifs is 2. The van der Waals surface area contributed by atoms with E-state index in [4.69, 9.17) is 4.74 Å². The zero-order valence-corrected chi connectivity index (χ0v) is 23.7. The van der Waals surface area contributed by atoms with Gasteiger partial charge in [-0.15, -0.1) is 11.3 Å². The van der Waals surface area contributed by atoms with Crippen LogP contribution < -0.4 is 10.5 Å². The van der Waals surface area contributed by atoms with Crippen molar-refractivity contribution in [2.45, 2.75) is 45.6 Å². The van der Waals surface area contributed by atoms with Gasteiger partial charge in [-0.25, -0.2) is 9.18 Å². The molecular weight excluding hydrogens is 513 g/mol. The van der Waals surface area contributed by atoms with Crippen molar-refractivity contribution in [2.24, 2.45) is 0 Å². The number of methoxy groups -OCH3 is 1. The molecule has 1 aliphatic heterocycles. The van der Waals surface area contributed by atoms with E-state index in [1.807, 2.05) is 11.4 Å². The number of hydrogen-bond acceptors (Lipinski definition) is 6. The maximum Gasteiger partial charge on any atom is 0.328 e. The topological polar surface area (TPSA) is 54.8 Å². The highest BCUT2D eigenvalue weighted by Gasteiger charge is 2.25. The van der Waals surface area contributed by atoms with Crippen LogP contribution in [0.3, 0.4) is 0 Å². The van der Waals surface area contributed by atoms with Crippen LogP contribution in [0.4, 0.5) is 10.1 Å². The summed E-state index contributed by atoms with van der Waals surface area (Å²) in [7, 11) is 1.38. The summed E-state index contributed by atoms with van der Waals surface area (Å²) in [5.74, 6) is -0.560. The fourth-order valence-corrected chi connectivity index (χ4v) is 6.48. The monoisotopic (exact) mass is 549 g/mol. The molecule has 6 nitrogen and oxygen atoms in total. The van der Waals surface area contributed by atoms with Crippen molar-refractivity contribution in [3.05, 3.63) is 75.1 Å². The molecule has 8 heteroatoms. The lowest BCUT2D eigenvalue weighted by molar-refractivity contribution is -0.144. The number of nitrogens with zero attached hydrogens (tertiary/aromatic N) is 3. The van der Waals surface area contributed by atoms with E-state index in [0.29, 0.717) is 12.0 Å². The standard InChI is InChI=1S/C31H36FN3O3S/c1-4-5-6-26(31(37)38-3)35-27-18-22(7-8-23(27)17-21(2)30(35)36)9-11-33-12-14-34(15-13-33)28-19-24(32)20-29-25(28)10-16-39-29/h7-8,10,16-20,26H,4-6,9,11-15H2,1-3H3. The molecule has 0 saturated carbocycles. The molecule has 0 radical (unpaired) electrons. The number of unbranched alkanes of at least 4 members (excludes halogenated alkanes) is 1. The molecule has 1 saturated heterocycles. The summed E-state index contributed by atoms with van der Waals surface area (Å²) in [4.78, 5) is 30.7. The average molecular weight is 550 g/mol. The third kappa shape index (κ3) is 5.72. The maximum atomic E-state index is 14.2. The minimum absolute atomic E-state index is 0.139. The Balaban J connectivity index is 1.32. The van der Waals surface area contributed by atoms with Gasteiger partial charge in [0.2, 0.25) is 0 Å². The number of benzene rings is 2. The Bertz CT molecular complexity index is 1540. The Morgan fingerprint density at radius 3 is 2.64 bits per heavy atom. The zero-order chi connectivity index (χ0) is 27.5. The first-order chi connectivity index (χ1) is 18.9. The smallest absolute Gasteiger partial charge is 0.328 e. The van der Waals surface area contributed by atoms with Crippen molar-refractivity contribution in [1.82, 2.24) is 9.47 Å². The van der Waals surface area contributed by atoms with Gasteiger partial charge < -0.3 is 9.64 Å². The summed E-state index contributed by atoms with van der Waals surface area (Å²) in [5, 5.41) is 4.09. The minimum Gasteiger partial charge on any atom is -0.467 e. The second kappa shape index (κ2) is 11.9. The number of halogens is 1. The molecule has 2 aromatic heterocycles. The van der Waals surface area contributed by atoms with Crippen molar-refractivity contribution >= 4 is 44.0 Å². The highest BCUT2D eigenvalue weighted by Crippen LogP contribution is 2.32. The minimum atomic E-state index is -0.634. The van der Waals surface area contributed by atoms with Gasteiger partial charge in [0.1, 0.15) is 11.9 Å². The number of aryl methyl sites for hydroxylation is 1. The lowest BCUT2D eigenvalue weighted by Crippen LogP contribution is -2.47. The predicted molar refractivity (Wildman–Crippen MR) is 158 cm³/mol. The van der Waals surface area contributed by atoms with Crippen LogP contribution in [0.5, 0.6) is 0 Å². The molecule has 1 aliphatic rings. The summed E-state index contributed by atoms with van der Waals surface area (Å²) in [6, 6.07) is 12.9. The first-order valence-electron chi connectivity index (χ1n) is 13.8. The van der Waals surface area contributed by atoms with Crippen molar-refractivity contribution in [1.29, 1.82) is 0 Å². The summed E-state index contributed by atoms with van der Waals surface area (Å²) >= 11 is 1.57. The van der Waals surface area contributed by atoms with E-state index in [0.717, 1.165) is 84.2 Å². The molecule has 0 bridgehead atoms. The van der Waals surface area contributed by atoms with Gasteiger partial charge in [-0.1, -0.05) is 31.9 Å². The second-order valence-electron chi connectivity index (χ2n) is 10.4. The molecule has 4 aromatic rings. The van der Waals surface area contributed by atoms with Gasteiger partial charge in [0.05, 0.1) is 12.6 Å². The largest absolute Gasteiger partial charge is 0.467 e. The lowest BCUT2D eigenvalue weighted by Gasteiger charge is -2.36. The molecule has 206 valence electrons. The summed E-state index contributed by atoms with van der Waals surface area (Å²) in [5.41, 5.74) is 3.38. The van der Waals surface area contributed by atoms with E-state index < -0.39 is 6.04 Å². The molecule has 0 amide bonds.